The molecule has 0 radical (unpaired) electrons. The van der Waals surface area contributed by atoms with Crippen molar-refractivity contribution in [1.82, 2.24) is 9.38 Å². The lowest BCUT2D eigenvalue weighted by Crippen LogP contribution is -2.01. The van der Waals surface area contributed by atoms with Gasteiger partial charge in [-0.2, -0.15) is 8.78 Å². The van der Waals surface area contributed by atoms with Gasteiger partial charge < -0.3 is 9.14 Å². The van der Waals surface area contributed by atoms with Crippen LogP contribution in [0.4, 0.5) is 8.78 Å². The molecule has 0 saturated heterocycles. The van der Waals surface area contributed by atoms with E-state index in [0.29, 0.717) is 0 Å². The second-order valence-electron chi connectivity index (χ2n) is 4.14. The number of alkyl halides is 2. The maximum atomic E-state index is 12.1. The molecule has 102 valence electrons. The van der Waals surface area contributed by atoms with E-state index in [4.69, 9.17) is 0 Å². The highest BCUT2D eigenvalue weighted by molar-refractivity contribution is 9.10. The molecule has 0 aliphatic carbocycles. The molecule has 2 aromatic heterocycles. The van der Waals surface area contributed by atoms with Gasteiger partial charge in [-0.15, -0.1) is 0 Å². The van der Waals surface area contributed by atoms with E-state index < -0.39 is 6.61 Å². The first-order valence-corrected chi connectivity index (χ1v) is 6.60. The number of nitrogens with zero attached hydrogens (tertiary/aromatic N) is 2. The number of imidazole rings is 1. The number of hydrogen-bond donors (Lipinski definition) is 0. The maximum absolute atomic E-state index is 12.1. The van der Waals surface area contributed by atoms with Crippen LogP contribution >= 0.6 is 15.9 Å². The van der Waals surface area contributed by atoms with Gasteiger partial charge in [0.05, 0.1) is 5.69 Å². The number of aromatic nitrogens is 2. The first kappa shape index (κ1) is 13.1. The van der Waals surface area contributed by atoms with Crippen LogP contribution in [0.1, 0.15) is 0 Å². The molecule has 0 saturated carbocycles. The molecule has 3 aromatic rings. The summed E-state index contributed by atoms with van der Waals surface area (Å²) in [5.41, 5.74) is 2.43. The molecule has 0 amide bonds. The van der Waals surface area contributed by atoms with Crippen LogP contribution in [0.15, 0.2) is 53.3 Å². The highest BCUT2D eigenvalue weighted by Gasteiger charge is 2.07. The monoisotopic (exact) mass is 338 g/mol. The Kier molecular flexibility index (Phi) is 3.40. The minimum Gasteiger partial charge on any atom is -0.435 e. The van der Waals surface area contributed by atoms with Crippen LogP contribution in [0.5, 0.6) is 5.75 Å². The minimum absolute atomic E-state index is 0.134. The average molecular weight is 339 g/mol. The first-order valence-electron chi connectivity index (χ1n) is 5.81. The lowest BCUT2D eigenvalue weighted by molar-refractivity contribution is -0.0498. The molecule has 0 fully saturated rings. The van der Waals surface area contributed by atoms with Crippen LogP contribution < -0.4 is 4.74 Å². The summed E-state index contributed by atoms with van der Waals surface area (Å²) in [4.78, 5) is 4.47. The third-order valence-corrected chi connectivity index (χ3v) is 3.26. The lowest BCUT2D eigenvalue weighted by Gasteiger charge is -2.04. The Bertz CT molecular complexity index is 741. The van der Waals surface area contributed by atoms with Crippen LogP contribution in [-0.2, 0) is 0 Å². The van der Waals surface area contributed by atoms with E-state index in [1.54, 1.807) is 12.1 Å². The van der Waals surface area contributed by atoms with Crippen molar-refractivity contribution in [2.75, 3.05) is 0 Å². The standard InChI is InChI=1S/C14H9BrF2N2O/c15-10-3-6-13-18-12(8-19(13)7-10)9-1-4-11(5-2-9)20-14(16)17/h1-8,14H. The predicted molar refractivity (Wildman–Crippen MR) is 75.0 cm³/mol. The molecule has 0 bridgehead atoms. The van der Waals surface area contributed by atoms with Gasteiger partial charge in [0.15, 0.2) is 0 Å². The van der Waals surface area contributed by atoms with Crippen molar-refractivity contribution in [3.8, 4) is 17.0 Å². The summed E-state index contributed by atoms with van der Waals surface area (Å²) in [7, 11) is 0. The highest BCUT2D eigenvalue weighted by atomic mass is 79.9. The van der Waals surface area contributed by atoms with Crippen molar-refractivity contribution in [2.45, 2.75) is 6.61 Å². The van der Waals surface area contributed by atoms with Gasteiger partial charge in [-0.25, -0.2) is 4.98 Å². The van der Waals surface area contributed by atoms with Gasteiger partial charge in [0, 0.05) is 22.4 Å². The Morgan fingerprint density at radius 2 is 1.80 bits per heavy atom. The topological polar surface area (TPSA) is 26.5 Å². The zero-order chi connectivity index (χ0) is 14.1. The SMILES string of the molecule is FC(F)Oc1ccc(-c2cn3cc(Br)ccc3n2)cc1. The molecule has 0 unspecified atom stereocenters. The molecule has 0 aliphatic heterocycles. The van der Waals surface area contributed by atoms with Crippen molar-refractivity contribution in [1.29, 1.82) is 0 Å². The second kappa shape index (κ2) is 5.20. The molecular weight excluding hydrogens is 330 g/mol. The normalized spacial score (nSPS) is 11.2. The van der Waals surface area contributed by atoms with Gasteiger partial charge in [-0.3, -0.25) is 0 Å². The summed E-state index contributed by atoms with van der Waals surface area (Å²) >= 11 is 3.39. The van der Waals surface area contributed by atoms with E-state index in [1.807, 2.05) is 28.9 Å². The number of fused-ring (bicyclic) bond motifs is 1. The third kappa shape index (κ3) is 2.65. The van der Waals surface area contributed by atoms with Crippen molar-refractivity contribution in [3.05, 3.63) is 53.3 Å². The summed E-state index contributed by atoms with van der Waals surface area (Å²) in [5, 5.41) is 0. The van der Waals surface area contributed by atoms with E-state index in [-0.39, 0.29) is 5.75 Å². The zero-order valence-electron chi connectivity index (χ0n) is 10.1. The quantitative estimate of drug-likeness (QED) is 0.709. The van der Waals surface area contributed by atoms with Gasteiger partial charge in [0.25, 0.3) is 0 Å². The zero-order valence-corrected chi connectivity index (χ0v) is 11.7. The molecule has 20 heavy (non-hydrogen) atoms. The number of halogens is 3. The van der Waals surface area contributed by atoms with Gasteiger partial charge >= 0.3 is 6.61 Å². The molecule has 0 aliphatic rings. The molecule has 6 heteroatoms. The summed E-state index contributed by atoms with van der Waals surface area (Å²) in [5.74, 6) is 0.134. The molecular formula is C14H9BrF2N2O. The van der Waals surface area contributed by atoms with E-state index in [1.165, 1.54) is 12.1 Å². The van der Waals surface area contributed by atoms with Crippen molar-refractivity contribution >= 4 is 21.6 Å². The van der Waals surface area contributed by atoms with Crippen molar-refractivity contribution < 1.29 is 13.5 Å². The van der Waals surface area contributed by atoms with Crippen molar-refractivity contribution in [2.24, 2.45) is 0 Å². The fourth-order valence-electron chi connectivity index (χ4n) is 1.91. The van der Waals surface area contributed by atoms with E-state index in [9.17, 15) is 8.78 Å². The summed E-state index contributed by atoms with van der Waals surface area (Å²) < 4.78 is 31.3. The predicted octanol–water partition coefficient (Wildman–Crippen LogP) is 4.37. The highest BCUT2D eigenvalue weighted by Crippen LogP contribution is 2.23. The van der Waals surface area contributed by atoms with Crippen LogP contribution in [0.25, 0.3) is 16.9 Å². The molecule has 0 spiro atoms. The molecule has 2 heterocycles. The number of hydrogen-bond acceptors (Lipinski definition) is 2. The Balaban J connectivity index is 1.94. The Morgan fingerprint density at radius 3 is 2.50 bits per heavy atom. The average Bonchev–Trinajstić information content (AvgIpc) is 2.81. The summed E-state index contributed by atoms with van der Waals surface area (Å²) in [6.45, 7) is -2.81. The summed E-state index contributed by atoms with van der Waals surface area (Å²) in [6.07, 6.45) is 3.78. The molecule has 0 N–H and O–H groups in total. The van der Waals surface area contributed by atoms with Crippen LogP contribution in [-0.4, -0.2) is 16.0 Å². The third-order valence-electron chi connectivity index (χ3n) is 2.79. The largest absolute Gasteiger partial charge is 0.435 e. The van der Waals surface area contributed by atoms with E-state index in [0.717, 1.165) is 21.4 Å². The smallest absolute Gasteiger partial charge is 0.387 e. The number of ether oxygens (including phenoxy) is 1. The second-order valence-corrected chi connectivity index (χ2v) is 5.06. The number of benzene rings is 1. The van der Waals surface area contributed by atoms with E-state index in [2.05, 4.69) is 25.7 Å². The fourth-order valence-corrected chi connectivity index (χ4v) is 2.26. The van der Waals surface area contributed by atoms with Crippen molar-refractivity contribution in [3.63, 3.8) is 0 Å². The first-order chi connectivity index (χ1) is 9.61. The van der Waals surface area contributed by atoms with Crippen LogP contribution in [0, 0.1) is 0 Å². The Hall–Kier alpha value is -1.95. The van der Waals surface area contributed by atoms with E-state index >= 15 is 0 Å². The summed E-state index contributed by atoms with van der Waals surface area (Å²) in [6, 6.07) is 10.2. The minimum atomic E-state index is -2.81. The molecule has 3 nitrogen and oxygen atoms in total. The molecule has 0 atom stereocenters. The van der Waals surface area contributed by atoms with Gasteiger partial charge in [0.2, 0.25) is 0 Å². The number of rotatable bonds is 3. The lowest BCUT2D eigenvalue weighted by atomic mass is 10.2. The Morgan fingerprint density at radius 1 is 1.05 bits per heavy atom. The Labute approximate surface area is 122 Å². The van der Waals surface area contributed by atoms with Gasteiger partial charge in [0.1, 0.15) is 11.4 Å². The molecule has 3 rings (SSSR count). The van der Waals surface area contributed by atoms with Crippen LogP contribution in [0.2, 0.25) is 0 Å². The van der Waals surface area contributed by atoms with Crippen LogP contribution in [0.3, 0.4) is 0 Å². The van der Waals surface area contributed by atoms with Gasteiger partial charge in [-0.1, -0.05) is 0 Å². The number of pyridine rings is 1. The van der Waals surface area contributed by atoms with Gasteiger partial charge in [-0.05, 0) is 52.3 Å². The maximum Gasteiger partial charge on any atom is 0.387 e. The fraction of sp³-hybridized carbons (Fsp3) is 0.0714. The molecule has 1 aromatic carbocycles.